The number of carbonyl (C=O) groups excluding carboxylic acids is 1. The maximum Gasteiger partial charge on any atom is 0.305 e. The Morgan fingerprint density at radius 2 is 2.36 bits per heavy atom. The fraction of sp³-hybridized carbons (Fsp3) is 0.800. The fourth-order valence-corrected chi connectivity index (χ4v) is 0.459. The Kier molecular flexibility index (Phi) is 4.71. The van der Waals surface area contributed by atoms with E-state index in [0.29, 0.717) is 0 Å². The molecule has 0 aliphatic carbocycles. The number of esters is 1. The number of methoxy groups -OCH3 is 1. The van der Waals surface area contributed by atoms with E-state index in [1.54, 1.807) is 0 Å². The van der Waals surface area contributed by atoms with Gasteiger partial charge in [0.25, 0.3) is 0 Å². The number of hydrogen-bond donors (Lipinski definition) is 2. The maximum absolute atomic E-state index is 10.4. The summed E-state index contributed by atoms with van der Waals surface area (Å²) in [5.74, 6) is -0.536. The summed E-state index contributed by atoms with van der Waals surface area (Å²) in [7, 11) is 1.20. The van der Waals surface area contributed by atoms with Crippen LogP contribution in [0.25, 0.3) is 0 Å². The van der Waals surface area contributed by atoms with Crippen molar-refractivity contribution in [3.63, 3.8) is 0 Å². The molecule has 2 N–H and O–H groups in total. The van der Waals surface area contributed by atoms with E-state index >= 15 is 0 Å². The topological polar surface area (TPSA) is 93.1 Å². The Labute approximate surface area is 63.5 Å². The second-order valence-electron chi connectivity index (χ2n) is 1.90. The first-order chi connectivity index (χ1) is 5.07. The Morgan fingerprint density at radius 1 is 1.82 bits per heavy atom. The Balaban J connectivity index is 3.45. The van der Waals surface area contributed by atoms with Gasteiger partial charge < -0.3 is 20.3 Å². The van der Waals surface area contributed by atoms with Gasteiger partial charge in [-0.15, -0.1) is 0 Å². The van der Waals surface area contributed by atoms with Gasteiger partial charge in [0.2, 0.25) is 0 Å². The Bertz CT molecular complexity index is 126. The van der Waals surface area contributed by atoms with Crippen molar-refractivity contribution >= 4 is 5.97 Å². The standard InChI is InChI=1S/C5H10NO5/c1-11-5(8)3-2-4(7)6(9)10/h4,7,9H,2-3H2,1H3/q-1. The molecule has 11 heavy (non-hydrogen) atoms. The van der Waals surface area contributed by atoms with E-state index in [0.717, 1.165) is 0 Å². The van der Waals surface area contributed by atoms with Crippen LogP contribution in [-0.4, -0.2) is 34.8 Å². The van der Waals surface area contributed by atoms with Crippen molar-refractivity contribution in [3.05, 3.63) is 5.21 Å². The van der Waals surface area contributed by atoms with Crippen LogP contribution in [0, 0.1) is 5.21 Å². The van der Waals surface area contributed by atoms with Crippen LogP contribution in [0.1, 0.15) is 12.8 Å². The van der Waals surface area contributed by atoms with E-state index in [1.165, 1.54) is 7.11 Å². The van der Waals surface area contributed by atoms with Gasteiger partial charge in [-0.2, -0.15) is 0 Å². The summed E-state index contributed by atoms with van der Waals surface area (Å²) in [5.41, 5.74) is 0. The SMILES string of the molecule is COC(=O)CCC(O)N([O-])O. The number of ether oxygens (including phenoxy) is 1. The first-order valence-electron chi connectivity index (χ1n) is 2.98. The van der Waals surface area contributed by atoms with Gasteiger partial charge in [-0.3, -0.25) is 4.79 Å². The lowest BCUT2D eigenvalue weighted by atomic mass is 10.3. The zero-order valence-electron chi connectivity index (χ0n) is 6.06. The smallest absolute Gasteiger partial charge is 0.305 e. The van der Waals surface area contributed by atoms with E-state index in [1.807, 2.05) is 0 Å². The van der Waals surface area contributed by atoms with Crippen LogP contribution in [0.4, 0.5) is 0 Å². The van der Waals surface area contributed by atoms with E-state index in [-0.39, 0.29) is 12.8 Å². The zero-order chi connectivity index (χ0) is 8.85. The van der Waals surface area contributed by atoms with Gasteiger partial charge in [-0.1, -0.05) is 0 Å². The number of aliphatic hydroxyl groups excluding tert-OH is 1. The lowest BCUT2D eigenvalue weighted by Gasteiger charge is -2.25. The molecule has 1 unspecified atom stereocenters. The zero-order valence-corrected chi connectivity index (χ0v) is 6.06. The molecule has 0 saturated heterocycles. The van der Waals surface area contributed by atoms with Gasteiger partial charge in [-0.25, -0.2) is 5.23 Å². The average Bonchev–Trinajstić information content (AvgIpc) is 1.99. The van der Waals surface area contributed by atoms with Gasteiger partial charge in [0.1, 0.15) is 6.23 Å². The van der Waals surface area contributed by atoms with Gasteiger partial charge in [0.05, 0.1) is 7.11 Å². The fourth-order valence-electron chi connectivity index (χ4n) is 0.459. The third-order valence-electron chi connectivity index (χ3n) is 1.09. The van der Waals surface area contributed by atoms with Gasteiger partial charge in [0, 0.05) is 6.42 Å². The molecule has 0 heterocycles. The van der Waals surface area contributed by atoms with E-state index in [4.69, 9.17) is 10.3 Å². The number of nitrogens with zero attached hydrogens (tertiary/aromatic N) is 1. The van der Waals surface area contributed by atoms with Crippen molar-refractivity contribution in [2.24, 2.45) is 0 Å². The molecule has 0 rings (SSSR count). The number of hydroxylamine groups is 2. The maximum atomic E-state index is 10.4. The molecule has 0 radical (unpaired) electrons. The first kappa shape index (κ1) is 10.3. The molecule has 6 heteroatoms. The van der Waals surface area contributed by atoms with Crippen LogP contribution in [0.15, 0.2) is 0 Å². The quantitative estimate of drug-likeness (QED) is 0.329. The molecule has 0 fully saturated rings. The normalized spacial score (nSPS) is 13.2. The number of hydrogen-bond acceptors (Lipinski definition) is 6. The summed E-state index contributed by atoms with van der Waals surface area (Å²) in [4.78, 5) is 10.4. The number of carbonyl (C=O) groups is 1. The van der Waals surface area contributed by atoms with Gasteiger partial charge in [0.15, 0.2) is 0 Å². The molecule has 6 nitrogen and oxygen atoms in total. The highest BCUT2D eigenvalue weighted by Crippen LogP contribution is 2.00. The Hall–Kier alpha value is -0.690. The third kappa shape index (κ3) is 4.68. The van der Waals surface area contributed by atoms with Crippen molar-refractivity contribution < 1.29 is 19.8 Å². The van der Waals surface area contributed by atoms with Crippen LogP contribution >= 0.6 is 0 Å². The molecule has 0 spiro atoms. The van der Waals surface area contributed by atoms with Crippen molar-refractivity contribution in [1.29, 1.82) is 0 Å². The summed E-state index contributed by atoms with van der Waals surface area (Å²) in [6, 6.07) is 0. The highest BCUT2D eigenvalue weighted by Gasteiger charge is 2.07. The molecule has 0 amide bonds. The monoisotopic (exact) mass is 164 g/mol. The summed E-state index contributed by atoms with van der Waals surface area (Å²) < 4.78 is 4.23. The summed E-state index contributed by atoms with van der Waals surface area (Å²) in [6.45, 7) is 0. The molecule has 66 valence electrons. The molecule has 0 saturated carbocycles. The van der Waals surface area contributed by atoms with E-state index in [2.05, 4.69) is 4.74 Å². The van der Waals surface area contributed by atoms with Crippen molar-refractivity contribution in [2.45, 2.75) is 19.1 Å². The second kappa shape index (κ2) is 5.03. The minimum atomic E-state index is -1.56. The summed E-state index contributed by atoms with van der Waals surface area (Å²) in [5, 5.41) is 26.0. The largest absolute Gasteiger partial charge is 0.760 e. The minimum Gasteiger partial charge on any atom is -0.760 e. The molecule has 0 aromatic rings. The van der Waals surface area contributed by atoms with Crippen LogP contribution in [0.2, 0.25) is 0 Å². The van der Waals surface area contributed by atoms with Crippen LogP contribution in [-0.2, 0) is 9.53 Å². The number of aliphatic hydroxyl groups is 1. The third-order valence-corrected chi connectivity index (χ3v) is 1.09. The second-order valence-corrected chi connectivity index (χ2v) is 1.90. The summed E-state index contributed by atoms with van der Waals surface area (Å²) >= 11 is 0. The van der Waals surface area contributed by atoms with Crippen LogP contribution in [0.5, 0.6) is 0 Å². The first-order valence-corrected chi connectivity index (χ1v) is 2.98. The van der Waals surface area contributed by atoms with Gasteiger partial charge in [-0.05, 0) is 6.42 Å². The van der Waals surface area contributed by atoms with Crippen molar-refractivity contribution in [2.75, 3.05) is 7.11 Å². The lowest BCUT2D eigenvalue weighted by molar-refractivity contribution is -0.165. The predicted molar refractivity (Wildman–Crippen MR) is 34.2 cm³/mol. The lowest BCUT2D eigenvalue weighted by Crippen LogP contribution is -2.27. The molecular formula is C5H10NO5-. The molecule has 0 bridgehead atoms. The van der Waals surface area contributed by atoms with E-state index in [9.17, 15) is 10.0 Å². The van der Waals surface area contributed by atoms with Crippen molar-refractivity contribution in [1.82, 2.24) is 5.23 Å². The molecule has 0 aliphatic rings. The van der Waals surface area contributed by atoms with E-state index < -0.39 is 17.4 Å². The highest BCUT2D eigenvalue weighted by molar-refractivity contribution is 5.69. The molecule has 1 atom stereocenters. The van der Waals surface area contributed by atoms with Crippen LogP contribution < -0.4 is 0 Å². The molecule has 0 aromatic carbocycles. The molecule has 0 aromatic heterocycles. The number of rotatable bonds is 4. The highest BCUT2D eigenvalue weighted by atomic mass is 16.8. The van der Waals surface area contributed by atoms with Crippen molar-refractivity contribution in [3.8, 4) is 0 Å². The Morgan fingerprint density at radius 3 is 2.73 bits per heavy atom. The van der Waals surface area contributed by atoms with Gasteiger partial charge >= 0.3 is 5.97 Å². The molecular weight excluding hydrogens is 154 g/mol. The van der Waals surface area contributed by atoms with Crippen LogP contribution in [0.3, 0.4) is 0 Å². The predicted octanol–water partition coefficient (Wildman–Crippen LogP) is -0.553. The summed E-state index contributed by atoms with van der Waals surface area (Å²) in [6.07, 6.45) is -1.81. The average molecular weight is 164 g/mol. The minimum absolute atomic E-state index is 0.100. The molecule has 0 aliphatic heterocycles.